The van der Waals surface area contributed by atoms with Crippen LogP contribution < -0.4 is 10.9 Å². The van der Waals surface area contributed by atoms with Crippen LogP contribution in [-0.4, -0.2) is 40.2 Å². The molecule has 37 heavy (non-hydrogen) atoms. The lowest BCUT2D eigenvalue weighted by Gasteiger charge is -2.38. The quantitative estimate of drug-likeness (QED) is 0.318. The van der Waals surface area contributed by atoms with Crippen molar-refractivity contribution < 1.29 is 23.0 Å². The summed E-state index contributed by atoms with van der Waals surface area (Å²) in [5, 5.41) is 14.5. The number of anilines is 1. The first-order chi connectivity index (χ1) is 17.5. The average molecular weight is 532 g/mol. The Kier molecular flexibility index (Phi) is 7.32. The van der Waals surface area contributed by atoms with Crippen molar-refractivity contribution in [2.24, 2.45) is 0 Å². The molecule has 2 heterocycles. The molecule has 0 saturated carbocycles. The summed E-state index contributed by atoms with van der Waals surface area (Å²) in [5.41, 5.74) is -0.893. The molecular weight excluding hydrogens is 507 g/mol. The predicted octanol–water partition coefficient (Wildman–Crippen LogP) is 5.75. The molecule has 0 aliphatic rings. The van der Waals surface area contributed by atoms with Crippen LogP contribution in [0.25, 0.3) is 16.6 Å². The van der Waals surface area contributed by atoms with Gasteiger partial charge in [0.2, 0.25) is 5.60 Å². The molecule has 0 aliphatic heterocycles. The summed E-state index contributed by atoms with van der Waals surface area (Å²) in [6.45, 7) is 2.51. The van der Waals surface area contributed by atoms with E-state index < -0.39 is 24.4 Å². The molecule has 0 saturated heterocycles. The second kappa shape index (κ2) is 10.2. The Hall–Kier alpha value is -3.40. The van der Waals surface area contributed by atoms with E-state index >= 15 is 0 Å². The number of benzene rings is 2. The summed E-state index contributed by atoms with van der Waals surface area (Å²) < 4.78 is 49.4. The van der Waals surface area contributed by atoms with Crippen LogP contribution in [-0.2, 0) is 4.74 Å². The third-order valence-electron chi connectivity index (χ3n) is 6.18. The van der Waals surface area contributed by atoms with Gasteiger partial charge in [-0.25, -0.2) is 0 Å². The lowest BCUT2D eigenvalue weighted by Crippen LogP contribution is -2.55. The predicted molar refractivity (Wildman–Crippen MR) is 138 cm³/mol. The van der Waals surface area contributed by atoms with Gasteiger partial charge in [-0.2, -0.15) is 13.2 Å². The normalized spacial score (nSPS) is 14.4. The highest BCUT2D eigenvalue weighted by atomic mass is 35.5. The number of aliphatic hydroxyl groups is 1. The standard InChI is InChI=1S/C27H25ClF3N3O3/c1-16-7-8-19(21(28)13-16)25(26(36,15-37-3)27(29,30)31)33-22-5-4-6-23-20(22)9-10-24(35)34(23)18-11-12-32-17(2)14-18/h4-14,25,33,36H,15H2,1-3H3. The number of nitrogens with one attached hydrogen (secondary N) is 1. The first-order valence-electron chi connectivity index (χ1n) is 11.3. The Bertz CT molecular complexity index is 1510. The zero-order valence-electron chi connectivity index (χ0n) is 20.3. The molecule has 6 nitrogen and oxygen atoms in total. The monoisotopic (exact) mass is 531 g/mol. The molecule has 2 atom stereocenters. The Morgan fingerprint density at radius 1 is 1.11 bits per heavy atom. The minimum Gasteiger partial charge on any atom is -0.381 e. The third-order valence-corrected chi connectivity index (χ3v) is 6.50. The Labute approximate surface area is 216 Å². The van der Waals surface area contributed by atoms with Gasteiger partial charge in [0.15, 0.2) is 0 Å². The fourth-order valence-electron chi connectivity index (χ4n) is 4.36. The Balaban J connectivity index is 1.94. The van der Waals surface area contributed by atoms with Crippen LogP contribution >= 0.6 is 11.6 Å². The molecule has 2 aromatic carbocycles. The van der Waals surface area contributed by atoms with E-state index in [1.165, 1.54) is 28.8 Å². The second-order valence-corrected chi connectivity index (χ2v) is 9.27. The van der Waals surface area contributed by atoms with E-state index in [2.05, 4.69) is 10.3 Å². The molecule has 0 spiro atoms. The van der Waals surface area contributed by atoms with Gasteiger partial charge in [-0.15, -0.1) is 0 Å². The van der Waals surface area contributed by atoms with Gasteiger partial charge in [0.25, 0.3) is 5.56 Å². The van der Waals surface area contributed by atoms with E-state index in [0.29, 0.717) is 22.3 Å². The highest BCUT2D eigenvalue weighted by Gasteiger charge is 2.59. The maximum absolute atomic E-state index is 14.4. The molecule has 10 heteroatoms. The average Bonchev–Trinajstić information content (AvgIpc) is 2.82. The number of halogens is 4. The first kappa shape index (κ1) is 26.7. The van der Waals surface area contributed by atoms with Crippen LogP contribution in [0.4, 0.5) is 18.9 Å². The summed E-state index contributed by atoms with van der Waals surface area (Å²) in [5.74, 6) is 0. The van der Waals surface area contributed by atoms with Gasteiger partial charge in [0.05, 0.1) is 23.9 Å². The lowest BCUT2D eigenvalue weighted by molar-refractivity contribution is -0.279. The summed E-state index contributed by atoms with van der Waals surface area (Å²) in [6, 6.07) is 14.0. The van der Waals surface area contributed by atoms with E-state index in [4.69, 9.17) is 16.3 Å². The SMILES string of the molecule is COCC(O)(C(Nc1cccc2c1ccc(=O)n2-c1ccnc(C)c1)c1ccc(C)cc1Cl)C(F)(F)F. The summed E-state index contributed by atoms with van der Waals surface area (Å²) in [6.07, 6.45) is -3.50. The van der Waals surface area contributed by atoms with Gasteiger partial charge in [0, 0.05) is 41.2 Å². The van der Waals surface area contributed by atoms with Gasteiger partial charge >= 0.3 is 6.18 Å². The number of pyridine rings is 2. The number of methoxy groups -OCH3 is 1. The number of hydrogen-bond acceptors (Lipinski definition) is 5. The number of aromatic nitrogens is 2. The smallest absolute Gasteiger partial charge is 0.381 e. The van der Waals surface area contributed by atoms with Crippen molar-refractivity contribution in [1.29, 1.82) is 0 Å². The first-order valence-corrected chi connectivity index (χ1v) is 11.7. The fourth-order valence-corrected chi connectivity index (χ4v) is 4.70. The van der Waals surface area contributed by atoms with Crippen LogP contribution in [0, 0.1) is 13.8 Å². The molecule has 0 fully saturated rings. The molecule has 2 aromatic heterocycles. The third kappa shape index (κ3) is 5.07. The molecule has 2 unspecified atom stereocenters. The lowest BCUT2D eigenvalue weighted by atomic mass is 9.87. The van der Waals surface area contributed by atoms with Crippen molar-refractivity contribution >= 4 is 28.2 Å². The van der Waals surface area contributed by atoms with Gasteiger partial charge < -0.3 is 15.2 Å². The zero-order valence-corrected chi connectivity index (χ0v) is 21.1. The number of aryl methyl sites for hydroxylation is 2. The molecule has 0 bridgehead atoms. The van der Waals surface area contributed by atoms with Crippen molar-refractivity contribution in [2.45, 2.75) is 31.7 Å². The van der Waals surface area contributed by atoms with Crippen LogP contribution in [0.2, 0.25) is 5.02 Å². The highest BCUT2D eigenvalue weighted by Crippen LogP contribution is 2.44. The number of hydrogen-bond donors (Lipinski definition) is 2. The van der Waals surface area contributed by atoms with Gasteiger partial charge in [-0.05, 0) is 61.4 Å². The van der Waals surface area contributed by atoms with Crippen LogP contribution in [0.5, 0.6) is 0 Å². The molecule has 4 rings (SSSR count). The van der Waals surface area contributed by atoms with Crippen LogP contribution in [0.3, 0.4) is 0 Å². The highest BCUT2D eigenvalue weighted by molar-refractivity contribution is 6.31. The minimum atomic E-state index is -5.07. The summed E-state index contributed by atoms with van der Waals surface area (Å²) in [4.78, 5) is 17.0. The topological polar surface area (TPSA) is 76.4 Å². The number of alkyl halides is 3. The molecule has 0 radical (unpaired) electrons. The maximum Gasteiger partial charge on any atom is 0.421 e. The minimum absolute atomic E-state index is 0.0409. The summed E-state index contributed by atoms with van der Waals surface area (Å²) in [7, 11) is 1.08. The maximum atomic E-state index is 14.4. The van der Waals surface area contributed by atoms with Gasteiger partial charge in [-0.3, -0.25) is 14.3 Å². The van der Waals surface area contributed by atoms with E-state index in [1.807, 2.05) is 0 Å². The van der Waals surface area contributed by atoms with Gasteiger partial charge in [-0.1, -0.05) is 29.8 Å². The number of nitrogens with zero attached hydrogens (tertiary/aromatic N) is 2. The van der Waals surface area contributed by atoms with Crippen LogP contribution in [0.15, 0.2) is 71.7 Å². The van der Waals surface area contributed by atoms with E-state index in [9.17, 15) is 23.1 Å². The molecule has 0 amide bonds. The van der Waals surface area contributed by atoms with Crippen molar-refractivity contribution in [3.8, 4) is 5.69 Å². The van der Waals surface area contributed by atoms with Crippen molar-refractivity contribution in [1.82, 2.24) is 9.55 Å². The molecule has 4 aromatic rings. The van der Waals surface area contributed by atoms with Gasteiger partial charge in [0.1, 0.15) is 0 Å². The Morgan fingerprint density at radius 3 is 2.51 bits per heavy atom. The molecule has 194 valence electrons. The van der Waals surface area contributed by atoms with Crippen molar-refractivity contribution in [3.05, 3.63) is 99.1 Å². The zero-order chi connectivity index (χ0) is 27.0. The fraction of sp³-hybridized carbons (Fsp3) is 0.259. The van der Waals surface area contributed by atoms with E-state index in [0.717, 1.165) is 12.7 Å². The number of fused-ring (bicyclic) bond motifs is 1. The largest absolute Gasteiger partial charge is 0.421 e. The van der Waals surface area contributed by atoms with Crippen LogP contribution in [0.1, 0.15) is 22.9 Å². The van der Waals surface area contributed by atoms with Crippen molar-refractivity contribution in [3.63, 3.8) is 0 Å². The van der Waals surface area contributed by atoms with E-state index in [-0.39, 0.29) is 21.8 Å². The Morgan fingerprint density at radius 2 is 1.86 bits per heavy atom. The molecule has 0 aliphatic carbocycles. The number of rotatable bonds is 7. The number of ether oxygens (including phenoxy) is 1. The van der Waals surface area contributed by atoms with Crippen molar-refractivity contribution in [2.75, 3.05) is 19.0 Å². The molecule has 2 N–H and O–H groups in total. The summed E-state index contributed by atoms with van der Waals surface area (Å²) >= 11 is 6.40. The second-order valence-electron chi connectivity index (χ2n) is 8.86. The molecular formula is C27H25ClF3N3O3. The van der Waals surface area contributed by atoms with E-state index in [1.54, 1.807) is 56.4 Å².